The molecule has 0 aliphatic rings. The summed E-state index contributed by atoms with van der Waals surface area (Å²) >= 11 is 6.44. The van der Waals surface area contributed by atoms with Crippen molar-refractivity contribution < 1.29 is 4.79 Å². The van der Waals surface area contributed by atoms with Crippen LogP contribution in [0.5, 0.6) is 0 Å². The number of hydrogen-bond acceptors (Lipinski definition) is 2. The Balaban J connectivity index is 1.83. The Morgan fingerprint density at radius 3 is 2.78 bits per heavy atom. The number of fused-ring (bicyclic) bond motifs is 2. The molecule has 0 saturated carbocycles. The first-order chi connectivity index (χ1) is 13.1. The van der Waals surface area contributed by atoms with Crippen molar-refractivity contribution in [3.63, 3.8) is 0 Å². The van der Waals surface area contributed by atoms with E-state index in [1.165, 1.54) is 0 Å². The number of anilines is 1. The number of H-pyrrole nitrogens is 2. The van der Waals surface area contributed by atoms with E-state index < -0.39 is 0 Å². The van der Waals surface area contributed by atoms with Crippen LogP contribution >= 0.6 is 11.6 Å². The second-order valence-corrected chi connectivity index (χ2v) is 6.83. The molecule has 4 aromatic rings. The smallest absolute Gasteiger partial charge is 0.256 e. The van der Waals surface area contributed by atoms with E-state index in [0.717, 1.165) is 28.3 Å². The third-order valence-electron chi connectivity index (χ3n) is 4.59. The van der Waals surface area contributed by atoms with Crippen LogP contribution in [0, 0.1) is 0 Å². The van der Waals surface area contributed by atoms with Crippen LogP contribution in [0.15, 0.2) is 53.5 Å². The van der Waals surface area contributed by atoms with E-state index in [4.69, 9.17) is 11.6 Å². The van der Waals surface area contributed by atoms with Crippen LogP contribution in [0.4, 0.5) is 5.69 Å². The van der Waals surface area contributed by atoms with E-state index in [1.54, 1.807) is 6.07 Å². The van der Waals surface area contributed by atoms with E-state index in [1.807, 2.05) is 49.5 Å². The number of aromatic nitrogens is 2. The van der Waals surface area contributed by atoms with Crippen LogP contribution in [0.25, 0.3) is 32.9 Å². The number of halogens is 1. The van der Waals surface area contributed by atoms with Crippen LogP contribution in [0.2, 0.25) is 5.02 Å². The summed E-state index contributed by atoms with van der Waals surface area (Å²) in [7, 11) is 0. The van der Waals surface area contributed by atoms with Gasteiger partial charge in [-0.05, 0) is 24.6 Å². The third kappa shape index (κ3) is 3.11. The fraction of sp³-hybridized carbons (Fsp3) is 0.143. The number of hydrogen-bond donors (Lipinski definition) is 3. The summed E-state index contributed by atoms with van der Waals surface area (Å²) < 4.78 is 0. The van der Waals surface area contributed by atoms with Gasteiger partial charge in [0.25, 0.3) is 5.56 Å². The van der Waals surface area contributed by atoms with E-state index >= 15 is 0 Å². The Bertz CT molecular complexity index is 1220. The Labute approximate surface area is 160 Å². The SMILES string of the molecule is CCCC(=O)Nc1ccc2cc(-c3c[nH]c4ccccc34)c(=O)[nH]c2c1Cl. The molecule has 0 atom stereocenters. The molecule has 1 amide bonds. The van der Waals surface area contributed by atoms with Gasteiger partial charge in [0.1, 0.15) is 0 Å². The van der Waals surface area contributed by atoms with Gasteiger partial charge in [-0.25, -0.2) is 0 Å². The molecular formula is C21H18ClN3O2. The fourth-order valence-electron chi connectivity index (χ4n) is 3.27. The average Bonchev–Trinajstić information content (AvgIpc) is 3.08. The lowest BCUT2D eigenvalue weighted by Crippen LogP contribution is -2.12. The quantitative estimate of drug-likeness (QED) is 0.463. The second-order valence-electron chi connectivity index (χ2n) is 6.45. The molecule has 0 aliphatic heterocycles. The number of rotatable bonds is 4. The van der Waals surface area contributed by atoms with E-state index in [9.17, 15) is 9.59 Å². The number of nitrogens with one attached hydrogen (secondary N) is 3. The number of aromatic amines is 2. The van der Waals surface area contributed by atoms with Gasteiger partial charge in [-0.2, -0.15) is 0 Å². The first-order valence-corrected chi connectivity index (χ1v) is 9.18. The summed E-state index contributed by atoms with van der Waals surface area (Å²) in [5.74, 6) is -0.100. The molecule has 4 rings (SSSR count). The lowest BCUT2D eigenvalue weighted by molar-refractivity contribution is -0.116. The van der Waals surface area contributed by atoms with Gasteiger partial charge in [-0.3, -0.25) is 9.59 Å². The lowest BCUT2D eigenvalue weighted by Gasteiger charge is -2.10. The predicted octanol–water partition coefficient (Wildman–Crippen LogP) is 5.07. The van der Waals surface area contributed by atoms with Crippen molar-refractivity contribution in [2.45, 2.75) is 19.8 Å². The zero-order chi connectivity index (χ0) is 19.0. The number of pyridine rings is 1. The lowest BCUT2D eigenvalue weighted by atomic mass is 10.0. The van der Waals surface area contributed by atoms with Gasteiger partial charge < -0.3 is 15.3 Å². The summed E-state index contributed by atoms with van der Waals surface area (Å²) in [6.45, 7) is 1.94. The largest absolute Gasteiger partial charge is 0.361 e. The van der Waals surface area contributed by atoms with Gasteiger partial charge in [0, 0.05) is 40.0 Å². The number of benzene rings is 2. The highest BCUT2D eigenvalue weighted by Gasteiger charge is 2.14. The molecule has 0 saturated heterocycles. The molecule has 2 aromatic carbocycles. The standard InChI is InChI=1S/C21H18ClN3O2/c1-2-5-18(26)24-17-9-8-12-10-14(21(27)25-20(12)19(17)22)15-11-23-16-7-4-3-6-13(15)16/h3-4,6-11,23H,2,5H2,1H3,(H,24,26)(H,25,27). The Morgan fingerprint density at radius 1 is 1.15 bits per heavy atom. The van der Waals surface area contributed by atoms with E-state index in [0.29, 0.717) is 28.2 Å². The minimum atomic E-state index is -0.230. The van der Waals surface area contributed by atoms with Crippen molar-refractivity contribution in [3.8, 4) is 11.1 Å². The first kappa shape index (κ1) is 17.4. The average molecular weight is 380 g/mol. The van der Waals surface area contributed by atoms with Crippen molar-refractivity contribution in [1.82, 2.24) is 9.97 Å². The maximum absolute atomic E-state index is 12.7. The molecule has 2 heterocycles. The second kappa shape index (κ2) is 6.93. The molecule has 0 unspecified atom stereocenters. The van der Waals surface area contributed by atoms with Crippen molar-refractivity contribution in [2.24, 2.45) is 0 Å². The Kier molecular flexibility index (Phi) is 4.46. The van der Waals surface area contributed by atoms with Crippen LogP contribution in [-0.4, -0.2) is 15.9 Å². The van der Waals surface area contributed by atoms with Gasteiger partial charge in [0.15, 0.2) is 0 Å². The number of carbonyl (C=O) groups is 1. The molecule has 0 bridgehead atoms. The maximum Gasteiger partial charge on any atom is 0.256 e. The maximum atomic E-state index is 12.7. The van der Waals surface area contributed by atoms with Crippen molar-refractivity contribution in [1.29, 1.82) is 0 Å². The molecule has 0 spiro atoms. The Morgan fingerprint density at radius 2 is 1.96 bits per heavy atom. The first-order valence-electron chi connectivity index (χ1n) is 8.80. The van der Waals surface area contributed by atoms with Crippen molar-refractivity contribution in [3.05, 3.63) is 64.0 Å². The van der Waals surface area contributed by atoms with Crippen molar-refractivity contribution >= 4 is 45.0 Å². The van der Waals surface area contributed by atoms with E-state index in [2.05, 4.69) is 15.3 Å². The zero-order valence-corrected chi connectivity index (χ0v) is 15.5. The summed E-state index contributed by atoms with van der Waals surface area (Å²) in [6, 6.07) is 13.3. The topological polar surface area (TPSA) is 77.8 Å². The summed E-state index contributed by atoms with van der Waals surface area (Å²) in [4.78, 5) is 30.7. The Hall–Kier alpha value is -3.05. The minimum Gasteiger partial charge on any atom is -0.361 e. The van der Waals surface area contributed by atoms with Crippen LogP contribution < -0.4 is 10.9 Å². The molecule has 0 aliphatic carbocycles. The van der Waals surface area contributed by atoms with Gasteiger partial charge >= 0.3 is 0 Å². The third-order valence-corrected chi connectivity index (χ3v) is 4.98. The summed E-state index contributed by atoms with van der Waals surface area (Å²) in [5, 5.41) is 4.91. The number of carbonyl (C=O) groups excluding carboxylic acids is 1. The van der Waals surface area contributed by atoms with E-state index in [-0.39, 0.29) is 11.5 Å². The normalized spacial score (nSPS) is 11.2. The van der Waals surface area contributed by atoms with Crippen LogP contribution in [0.1, 0.15) is 19.8 Å². The fourth-order valence-corrected chi connectivity index (χ4v) is 3.54. The predicted molar refractivity (Wildman–Crippen MR) is 110 cm³/mol. The molecule has 2 aromatic heterocycles. The number of amides is 1. The molecule has 0 fully saturated rings. The number of para-hydroxylation sites is 1. The molecule has 3 N–H and O–H groups in total. The summed E-state index contributed by atoms with van der Waals surface area (Å²) in [6.07, 6.45) is 3.01. The van der Waals surface area contributed by atoms with Crippen LogP contribution in [0.3, 0.4) is 0 Å². The van der Waals surface area contributed by atoms with Gasteiger partial charge in [-0.1, -0.05) is 42.8 Å². The highest BCUT2D eigenvalue weighted by atomic mass is 35.5. The monoisotopic (exact) mass is 379 g/mol. The van der Waals surface area contributed by atoms with Crippen LogP contribution in [-0.2, 0) is 4.79 Å². The highest BCUT2D eigenvalue weighted by molar-refractivity contribution is 6.38. The molecule has 136 valence electrons. The highest BCUT2D eigenvalue weighted by Crippen LogP contribution is 2.32. The molecular weight excluding hydrogens is 362 g/mol. The minimum absolute atomic E-state index is 0.100. The zero-order valence-electron chi connectivity index (χ0n) is 14.7. The van der Waals surface area contributed by atoms with Gasteiger partial charge in [0.2, 0.25) is 5.91 Å². The molecule has 6 heteroatoms. The molecule has 5 nitrogen and oxygen atoms in total. The molecule has 27 heavy (non-hydrogen) atoms. The van der Waals surface area contributed by atoms with Crippen molar-refractivity contribution in [2.75, 3.05) is 5.32 Å². The molecule has 0 radical (unpaired) electrons. The summed E-state index contributed by atoms with van der Waals surface area (Å²) in [5.41, 5.74) is 3.16. The van der Waals surface area contributed by atoms with Gasteiger partial charge in [0.05, 0.1) is 16.2 Å². The van der Waals surface area contributed by atoms with Gasteiger partial charge in [-0.15, -0.1) is 0 Å².